The van der Waals surface area contributed by atoms with Gasteiger partial charge in [-0.1, -0.05) is 26.2 Å². The summed E-state index contributed by atoms with van der Waals surface area (Å²) in [7, 11) is -0.0102. The molecule has 0 saturated heterocycles. The molecule has 4 heteroatoms. The van der Waals surface area contributed by atoms with Crippen LogP contribution >= 0.6 is 10.5 Å². The average molecular weight is 282 g/mol. The Morgan fingerprint density at radius 1 is 1.37 bits per heavy atom. The summed E-state index contributed by atoms with van der Waals surface area (Å²) in [6.45, 7) is 4.26. The standard InChI is InChI=1S/C15H23NO2S/c1-3-12-10-11-19(4-2)14(12)16(15(17)18)13-8-6-5-7-9-13/h10-11,13H,3-9H2,1-2H3/p+1. The Bertz CT molecular complexity index is 414. The van der Waals surface area contributed by atoms with Crippen molar-refractivity contribution in [2.24, 2.45) is 0 Å². The number of hydrogen-bond acceptors (Lipinski definition) is 1. The van der Waals surface area contributed by atoms with E-state index in [9.17, 15) is 9.90 Å². The molecule has 3 nitrogen and oxygen atoms in total. The van der Waals surface area contributed by atoms with Crippen molar-refractivity contribution >= 4 is 21.6 Å². The minimum Gasteiger partial charge on any atom is -0.465 e. The number of rotatable bonds is 4. The molecule has 0 aromatic carbocycles. The molecule has 1 saturated carbocycles. The lowest BCUT2D eigenvalue weighted by atomic mass is 9.94. The maximum atomic E-state index is 11.8. The van der Waals surface area contributed by atoms with E-state index < -0.39 is 6.09 Å². The van der Waals surface area contributed by atoms with Gasteiger partial charge in [-0.3, -0.25) is 0 Å². The summed E-state index contributed by atoms with van der Waals surface area (Å²) in [5.41, 5.74) is 1.22. The summed E-state index contributed by atoms with van der Waals surface area (Å²) < 4.78 is 0. The Hall–Kier alpha value is -1.03. The first-order valence-electron chi connectivity index (χ1n) is 7.32. The van der Waals surface area contributed by atoms with Gasteiger partial charge in [0.2, 0.25) is 0 Å². The lowest BCUT2D eigenvalue weighted by Crippen LogP contribution is -2.41. The second-order valence-electron chi connectivity index (χ2n) is 5.15. The van der Waals surface area contributed by atoms with Gasteiger partial charge in [-0.25, -0.2) is 9.69 Å². The zero-order valence-electron chi connectivity index (χ0n) is 11.9. The number of nitrogens with zero attached hydrogens (tertiary/aromatic N) is 1. The van der Waals surface area contributed by atoms with Crippen LogP contribution < -0.4 is 4.90 Å². The lowest BCUT2D eigenvalue weighted by molar-refractivity contribution is 0.196. The number of carboxylic acid groups (broad SMARTS) is 1. The highest BCUT2D eigenvalue weighted by Crippen LogP contribution is 2.41. The molecule has 1 aliphatic carbocycles. The van der Waals surface area contributed by atoms with E-state index in [1.807, 2.05) is 0 Å². The van der Waals surface area contributed by atoms with Gasteiger partial charge in [0.15, 0.2) is 0 Å². The molecule has 1 aromatic rings. The Kier molecular flexibility index (Phi) is 4.86. The van der Waals surface area contributed by atoms with Crippen LogP contribution in [0.25, 0.3) is 0 Å². The average Bonchev–Trinajstić information content (AvgIpc) is 2.82. The second kappa shape index (κ2) is 6.42. The van der Waals surface area contributed by atoms with Gasteiger partial charge in [0.05, 0.1) is 0 Å². The Balaban J connectivity index is 2.37. The van der Waals surface area contributed by atoms with Crippen LogP contribution in [0.4, 0.5) is 9.80 Å². The van der Waals surface area contributed by atoms with Gasteiger partial charge in [-0.2, -0.15) is 0 Å². The van der Waals surface area contributed by atoms with Crippen molar-refractivity contribution in [3.63, 3.8) is 0 Å². The van der Waals surface area contributed by atoms with Crippen LogP contribution in [0.3, 0.4) is 0 Å². The summed E-state index contributed by atoms with van der Waals surface area (Å²) in [4.78, 5) is 13.5. The fourth-order valence-corrected chi connectivity index (χ4v) is 4.95. The van der Waals surface area contributed by atoms with Crippen LogP contribution in [-0.4, -0.2) is 17.2 Å². The Morgan fingerprint density at radius 3 is 2.58 bits per heavy atom. The molecule has 19 heavy (non-hydrogen) atoms. The normalized spacial score (nSPS) is 17.5. The van der Waals surface area contributed by atoms with Crippen molar-refractivity contribution in [2.45, 2.75) is 64.2 Å². The van der Waals surface area contributed by atoms with Gasteiger partial charge in [0.25, 0.3) is 5.00 Å². The fourth-order valence-electron chi connectivity index (χ4n) is 3.00. The fraction of sp³-hybridized carbons (Fsp3) is 0.667. The van der Waals surface area contributed by atoms with Gasteiger partial charge in [-0.05, 0) is 26.2 Å². The minimum absolute atomic E-state index is 0.0102. The SMILES string of the molecule is CCc1cc[s+](CC)c1N(C(=O)O)C1CCCCC1. The van der Waals surface area contributed by atoms with Crippen molar-refractivity contribution in [3.05, 3.63) is 17.0 Å². The van der Waals surface area contributed by atoms with Gasteiger partial charge in [0.1, 0.15) is 11.1 Å². The largest absolute Gasteiger partial charge is 0.465 e. The number of amides is 1. The maximum Gasteiger partial charge on any atom is 0.415 e. The quantitative estimate of drug-likeness (QED) is 0.803. The molecule has 1 heterocycles. The van der Waals surface area contributed by atoms with Crippen LogP contribution in [0.15, 0.2) is 11.4 Å². The molecule has 1 aromatic heterocycles. The third-order valence-corrected chi connectivity index (χ3v) is 6.06. The smallest absolute Gasteiger partial charge is 0.415 e. The molecule has 1 unspecified atom stereocenters. The zero-order valence-corrected chi connectivity index (χ0v) is 12.7. The van der Waals surface area contributed by atoms with E-state index in [-0.39, 0.29) is 16.5 Å². The van der Waals surface area contributed by atoms with Crippen molar-refractivity contribution in [1.29, 1.82) is 0 Å². The highest BCUT2D eigenvalue weighted by Gasteiger charge is 2.34. The topological polar surface area (TPSA) is 40.5 Å². The van der Waals surface area contributed by atoms with Gasteiger partial charge in [-0.15, -0.1) is 0 Å². The summed E-state index contributed by atoms with van der Waals surface area (Å²) in [6, 6.07) is 2.34. The molecule has 0 spiro atoms. The monoisotopic (exact) mass is 282 g/mol. The lowest BCUT2D eigenvalue weighted by Gasteiger charge is -2.30. The number of carbonyl (C=O) groups is 1. The molecule has 1 N–H and O–H groups in total. The first-order chi connectivity index (χ1) is 9.19. The molecule has 0 bridgehead atoms. The molecule has 0 radical (unpaired) electrons. The van der Waals surface area contributed by atoms with E-state index in [1.165, 1.54) is 12.0 Å². The van der Waals surface area contributed by atoms with Crippen molar-refractivity contribution in [2.75, 3.05) is 4.90 Å². The predicted molar refractivity (Wildman–Crippen MR) is 81.3 cm³/mol. The molecule has 1 atom stereocenters. The molecular weight excluding hydrogens is 258 g/mol. The molecular formula is C15H24NO2S+. The highest BCUT2D eigenvalue weighted by atomic mass is 32.2. The van der Waals surface area contributed by atoms with Crippen LogP contribution in [0.1, 0.15) is 51.5 Å². The summed E-state index contributed by atoms with van der Waals surface area (Å²) in [6.07, 6.45) is 5.78. The van der Waals surface area contributed by atoms with E-state index in [2.05, 4.69) is 25.3 Å². The maximum absolute atomic E-state index is 11.8. The van der Waals surface area contributed by atoms with E-state index in [0.29, 0.717) is 0 Å². The van der Waals surface area contributed by atoms with E-state index in [4.69, 9.17) is 0 Å². The number of thiophene rings is 1. The van der Waals surface area contributed by atoms with Gasteiger partial charge in [0, 0.05) is 28.1 Å². The van der Waals surface area contributed by atoms with Crippen LogP contribution in [0, 0.1) is 0 Å². The van der Waals surface area contributed by atoms with Crippen LogP contribution in [0.5, 0.6) is 0 Å². The molecule has 2 rings (SSSR count). The Labute approximate surface area is 118 Å². The van der Waals surface area contributed by atoms with Crippen LogP contribution in [-0.2, 0) is 12.2 Å². The molecule has 1 fully saturated rings. The number of anilines is 1. The van der Waals surface area contributed by atoms with E-state index >= 15 is 0 Å². The summed E-state index contributed by atoms with van der Waals surface area (Å²) >= 11 is 0. The number of aryl methyl sites for hydroxylation is 2. The molecule has 0 aliphatic heterocycles. The van der Waals surface area contributed by atoms with Crippen molar-refractivity contribution in [1.82, 2.24) is 0 Å². The first kappa shape index (κ1) is 14.4. The Morgan fingerprint density at radius 2 is 2.05 bits per heavy atom. The second-order valence-corrected chi connectivity index (χ2v) is 7.24. The van der Waals surface area contributed by atoms with Crippen molar-refractivity contribution in [3.8, 4) is 0 Å². The van der Waals surface area contributed by atoms with E-state index in [0.717, 1.165) is 42.9 Å². The third-order valence-electron chi connectivity index (χ3n) is 4.01. The molecule has 1 amide bonds. The highest BCUT2D eigenvalue weighted by molar-refractivity contribution is 7.33. The first-order valence-corrected chi connectivity index (χ1v) is 8.77. The molecule has 1 aliphatic rings. The third kappa shape index (κ3) is 2.94. The zero-order chi connectivity index (χ0) is 13.8. The minimum atomic E-state index is -0.762. The van der Waals surface area contributed by atoms with Gasteiger partial charge >= 0.3 is 6.09 Å². The molecule has 106 valence electrons. The van der Waals surface area contributed by atoms with Gasteiger partial charge < -0.3 is 5.11 Å². The van der Waals surface area contributed by atoms with Crippen LogP contribution in [0.2, 0.25) is 0 Å². The summed E-state index contributed by atoms with van der Waals surface area (Å²) in [5.74, 6) is 1.01. The predicted octanol–water partition coefficient (Wildman–Crippen LogP) is 4.84. The van der Waals surface area contributed by atoms with E-state index in [1.54, 1.807) is 4.90 Å². The summed E-state index contributed by atoms with van der Waals surface area (Å²) in [5, 5.41) is 13.0. The number of hydrogen-bond donors (Lipinski definition) is 1. The van der Waals surface area contributed by atoms with Crippen molar-refractivity contribution < 1.29 is 9.90 Å².